The number of rotatable bonds is 2. The minimum absolute atomic E-state index is 0.235. The van der Waals surface area contributed by atoms with Gasteiger partial charge < -0.3 is 15.2 Å². The first-order valence-electron chi connectivity index (χ1n) is 6.32. The van der Waals surface area contributed by atoms with E-state index in [1.54, 1.807) is 12.4 Å². The highest BCUT2D eigenvalue weighted by molar-refractivity contribution is 5.88. The Hall–Kier alpha value is -3.09. The van der Waals surface area contributed by atoms with Crippen LogP contribution in [0.1, 0.15) is 0 Å². The van der Waals surface area contributed by atoms with Crippen molar-refractivity contribution in [2.24, 2.45) is 0 Å². The number of anilines is 1. The molecule has 0 unspecified atom stereocenters. The average molecular weight is 281 g/mol. The first kappa shape index (κ1) is 11.7. The molecular formula is C14H11N5O2. The standard InChI is InChI=1S/C14H11N5O2/c15-14-12(8-1-2-10-11(3-8)21-7-20-10)13(18-19-14)9-4-16-6-17-5-9/h1-6H,7H2,(H3,15,18,19). The van der Waals surface area contributed by atoms with Crippen LogP contribution in [0.2, 0.25) is 0 Å². The van der Waals surface area contributed by atoms with E-state index in [1.807, 2.05) is 18.2 Å². The van der Waals surface area contributed by atoms with Gasteiger partial charge in [0.05, 0.1) is 11.3 Å². The number of hydrogen-bond acceptors (Lipinski definition) is 6. The Bertz CT molecular complexity index is 800. The molecule has 1 aliphatic heterocycles. The normalized spacial score (nSPS) is 12.6. The van der Waals surface area contributed by atoms with Crippen LogP contribution in [0.3, 0.4) is 0 Å². The van der Waals surface area contributed by atoms with Gasteiger partial charge in [-0.05, 0) is 17.7 Å². The third-order valence-electron chi connectivity index (χ3n) is 3.30. The third kappa shape index (κ3) is 1.86. The van der Waals surface area contributed by atoms with Crippen molar-refractivity contribution in [1.29, 1.82) is 0 Å². The molecule has 0 atom stereocenters. The van der Waals surface area contributed by atoms with Crippen molar-refractivity contribution in [2.45, 2.75) is 0 Å². The maximum absolute atomic E-state index is 6.00. The third-order valence-corrected chi connectivity index (χ3v) is 3.30. The Balaban J connectivity index is 1.87. The number of fused-ring (bicyclic) bond motifs is 1. The number of nitrogens with one attached hydrogen (secondary N) is 1. The van der Waals surface area contributed by atoms with Gasteiger partial charge in [0.25, 0.3) is 0 Å². The predicted octanol–water partition coefficient (Wildman–Crippen LogP) is 1.84. The van der Waals surface area contributed by atoms with Crippen LogP contribution in [0.15, 0.2) is 36.9 Å². The Morgan fingerprint density at radius 2 is 1.86 bits per heavy atom. The van der Waals surface area contributed by atoms with Gasteiger partial charge in [-0.15, -0.1) is 0 Å². The Morgan fingerprint density at radius 3 is 2.71 bits per heavy atom. The van der Waals surface area contributed by atoms with Gasteiger partial charge in [-0.3, -0.25) is 5.10 Å². The molecule has 104 valence electrons. The van der Waals surface area contributed by atoms with Crippen molar-refractivity contribution < 1.29 is 9.47 Å². The molecule has 0 bridgehead atoms. The highest BCUT2D eigenvalue weighted by Gasteiger charge is 2.19. The smallest absolute Gasteiger partial charge is 0.231 e. The van der Waals surface area contributed by atoms with E-state index in [9.17, 15) is 0 Å². The molecule has 3 N–H and O–H groups in total. The van der Waals surface area contributed by atoms with E-state index in [4.69, 9.17) is 15.2 Å². The average Bonchev–Trinajstić information content (AvgIpc) is 3.13. The molecule has 2 aromatic heterocycles. The SMILES string of the molecule is Nc1n[nH]c(-c2cncnc2)c1-c1ccc2c(c1)OCO2. The van der Waals surface area contributed by atoms with Crippen molar-refractivity contribution in [1.82, 2.24) is 20.2 Å². The number of hydrogen-bond donors (Lipinski definition) is 2. The molecule has 7 nitrogen and oxygen atoms in total. The van der Waals surface area contributed by atoms with Crippen molar-refractivity contribution in [3.63, 3.8) is 0 Å². The second-order valence-corrected chi connectivity index (χ2v) is 4.55. The minimum atomic E-state index is 0.235. The van der Waals surface area contributed by atoms with E-state index >= 15 is 0 Å². The number of nitrogens with two attached hydrogens (primary N) is 1. The molecule has 3 heterocycles. The van der Waals surface area contributed by atoms with Crippen LogP contribution in [-0.2, 0) is 0 Å². The molecule has 0 spiro atoms. The number of nitrogens with zero attached hydrogens (tertiary/aromatic N) is 3. The van der Waals surface area contributed by atoms with Crippen LogP contribution in [-0.4, -0.2) is 27.0 Å². The minimum Gasteiger partial charge on any atom is -0.454 e. The molecule has 1 aliphatic rings. The summed E-state index contributed by atoms with van der Waals surface area (Å²) in [5.74, 6) is 1.83. The van der Waals surface area contributed by atoms with Gasteiger partial charge in [-0.25, -0.2) is 9.97 Å². The number of H-pyrrole nitrogens is 1. The molecule has 1 aromatic carbocycles. The molecule has 21 heavy (non-hydrogen) atoms. The van der Waals surface area contributed by atoms with Crippen LogP contribution >= 0.6 is 0 Å². The maximum atomic E-state index is 6.00. The summed E-state index contributed by atoms with van der Waals surface area (Å²) < 4.78 is 10.7. The van der Waals surface area contributed by atoms with E-state index in [1.165, 1.54) is 6.33 Å². The molecule has 0 saturated heterocycles. The summed E-state index contributed by atoms with van der Waals surface area (Å²) in [6.45, 7) is 0.235. The molecule has 0 saturated carbocycles. The van der Waals surface area contributed by atoms with E-state index in [0.717, 1.165) is 28.1 Å². The number of aromatic amines is 1. The lowest BCUT2D eigenvalue weighted by Crippen LogP contribution is -1.93. The van der Waals surface area contributed by atoms with E-state index in [2.05, 4.69) is 20.2 Å². The Kier molecular flexibility index (Phi) is 2.50. The van der Waals surface area contributed by atoms with Crippen LogP contribution in [0.25, 0.3) is 22.4 Å². The summed E-state index contributed by atoms with van der Waals surface area (Å²) in [6.07, 6.45) is 4.89. The fourth-order valence-corrected chi connectivity index (χ4v) is 2.34. The number of benzene rings is 1. The summed E-state index contributed by atoms with van der Waals surface area (Å²) in [5, 5.41) is 7.02. The fraction of sp³-hybridized carbons (Fsp3) is 0.0714. The topological polar surface area (TPSA) is 98.9 Å². The van der Waals surface area contributed by atoms with Gasteiger partial charge in [0.2, 0.25) is 6.79 Å². The fourth-order valence-electron chi connectivity index (χ4n) is 2.34. The van der Waals surface area contributed by atoms with Crippen LogP contribution in [0.5, 0.6) is 11.5 Å². The van der Waals surface area contributed by atoms with Crippen molar-refractivity contribution in [3.05, 3.63) is 36.9 Å². The summed E-state index contributed by atoms with van der Waals surface area (Å²) in [6, 6.07) is 5.66. The van der Waals surface area contributed by atoms with Gasteiger partial charge in [0.1, 0.15) is 6.33 Å². The largest absolute Gasteiger partial charge is 0.454 e. The maximum Gasteiger partial charge on any atom is 0.231 e. The van der Waals surface area contributed by atoms with Gasteiger partial charge in [-0.2, -0.15) is 5.10 Å². The van der Waals surface area contributed by atoms with Crippen molar-refractivity contribution >= 4 is 5.82 Å². The monoisotopic (exact) mass is 281 g/mol. The molecule has 4 rings (SSSR count). The zero-order valence-corrected chi connectivity index (χ0v) is 10.9. The lowest BCUT2D eigenvalue weighted by atomic mass is 10.0. The predicted molar refractivity (Wildman–Crippen MR) is 75.6 cm³/mol. The summed E-state index contributed by atoms with van der Waals surface area (Å²) in [7, 11) is 0. The summed E-state index contributed by atoms with van der Waals surface area (Å²) >= 11 is 0. The first-order chi connectivity index (χ1) is 10.3. The van der Waals surface area contributed by atoms with E-state index in [-0.39, 0.29) is 6.79 Å². The van der Waals surface area contributed by atoms with Crippen LogP contribution in [0, 0.1) is 0 Å². The zero-order chi connectivity index (χ0) is 14.2. The second kappa shape index (κ2) is 4.48. The van der Waals surface area contributed by atoms with Crippen LogP contribution < -0.4 is 15.2 Å². The van der Waals surface area contributed by atoms with Crippen molar-refractivity contribution in [3.8, 4) is 33.9 Å². The van der Waals surface area contributed by atoms with Gasteiger partial charge in [0, 0.05) is 18.0 Å². The van der Waals surface area contributed by atoms with Gasteiger partial charge >= 0.3 is 0 Å². The number of nitrogen functional groups attached to an aromatic ring is 1. The first-order valence-corrected chi connectivity index (χ1v) is 6.32. The van der Waals surface area contributed by atoms with Gasteiger partial charge in [-0.1, -0.05) is 6.07 Å². The molecule has 3 aromatic rings. The number of ether oxygens (including phenoxy) is 2. The number of aromatic nitrogens is 4. The highest BCUT2D eigenvalue weighted by atomic mass is 16.7. The second-order valence-electron chi connectivity index (χ2n) is 4.55. The lowest BCUT2D eigenvalue weighted by Gasteiger charge is -2.05. The van der Waals surface area contributed by atoms with Gasteiger partial charge in [0.15, 0.2) is 17.3 Å². The van der Waals surface area contributed by atoms with E-state index < -0.39 is 0 Å². The quantitative estimate of drug-likeness (QED) is 0.743. The summed E-state index contributed by atoms with van der Waals surface area (Å²) in [4.78, 5) is 8.04. The lowest BCUT2D eigenvalue weighted by molar-refractivity contribution is 0.174. The molecule has 7 heteroatoms. The van der Waals surface area contributed by atoms with E-state index in [0.29, 0.717) is 11.6 Å². The Labute approximate surface area is 119 Å². The molecule has 0 amide bonds. The molecular weight excluding hydrogens is 270 g/mol. The van der Waals surface area contributed by atoms with Crippen LogP contribution in [0.4, 0.5) is 5.82 Å². The summed E-state index contributed by atoms with van der Waals surface area (Å²) in [5.41, 5.74) is 9.27. The molecule has 0 radical (unpaired) electrons. The molecule has 0 aliphatic carbocycles. The Morgan fingerprint density at radius 1 is 1.05 bits per heavy atom. The molecule has 0 fully saturated rings. The van der Waals surface area contributed by atoms with Crippen molar-refractivity contribution in [2.75, 3.05) is 12.5 Å². The zero-order valence-electron chi connectivity index (χ0n) is 10.9. The highest BCUT2D eigenvalue weighted by Crippen LogP contribution is 2.40.